The third-order valence-electron chi connectivity index (χ3n) is 4.08. The summed E-state index contributed by atoms with van der Waals surface area (Å²) in [5.74, 6) is -5.24. The van der Waals surface area contributed by atoms with Crippen molar-refractivity contribution in [1.82, 2.24) is 4.72 Å². The van der Waals surface area contributed by atoms with Gasteiger partial charge in [0.1, 0.15) is 4.90 Å². The van der Waals surface area contributed by atoms with Gasteiger partial charge in [-0.25, -0.2) is 21.6 Å². The smallest absolute Gasteiger partial charge is 0.341 e. The van der Waals surface area contributed by atoms with Crippen molar-refractivity contribution in [2.45, 2.75) is 47.3 Å². The number of rotatable bonds is 6. The number of nitrogens with one attached hydrogen (secondary N) is 1. The summed E-state index contributed by atoms with van der Waals surface area (Å²) in [6.45, 7) is 0. The number of aliphatic carboxylic acids is 1. The zero-order chi connectivity index (χ0) is 18.8. The minimum absolute atomic E-state index is 0.264. The molecule has 2 rings (SSSR count). The maximum absolute atomic E-state index is 12.8. The van der Waals surface area contributed by atoms with Crippen molar-refractivity contribution in [1.29, 1.82) is 0 Å². The molecule has 1 aromatic carbocycles. The van der Waals surface area contributed by atoms with Gasteiger partial charge in [0.15, 0.2) is 0 Å². The van der Waals surface area contributed by atoms with E-state index in [1.54, 1.807) is 0 Å². The molecule has 0 saturated heterocycles. The Morgan fingerprint density at radius 2 is 1.56 bits per heavy atom. The van der Waals surface area contributed by atoms with Crippen molar-refractivity contribution >= 4 is 25.8 Å². The number of carbonyl (C=O) groups is 1. The molecule has 0 aliphatic heterocycles. The Kier molecular flexibility index (Phi) is 5.79. The van der Waals surface area contributed by atoms with Crippen molar-refractivity contribution in [3.63, 3.8) is 0 Å². The fourth-order valence-corrected chi connectivity index (χ4v) is 5.62. The van der Waals surface area contributed by atoms with Crippen LogP contribution in [0.5, 0.6) is 0 Å². The quantitative estimate of drug-likeness (QED) is 0.753. The Balaban J connectivity index is 2.26. The van der Waals surface area contributed by atoms with Crippen molar-refractivity contribution in [3.05, 3.63) is 24.3 Å². The fourth-order valence-electron chi connectivity index (χ4n) is 2.74. The molecule has 0 bridgehead atoms. The van der Waals surface area contributed by atoms with Crippen LogP contribution in [0, 0.1) is 5.92 Å². The molecule has 25 heavy (non-hydrogen) atoms. The summed E-state index contributed by atoms with van der Waals surface area (Å²) < 4.78 is 76.2. The lowest BCUT2D eigenvalue weighted by Gasteiger charge is -2.26. The van der Waals surface area contributed by atoms with Gasteiger partial charge in [-0.1, -0.05) is 12.1 Å². The molecule has 140 valence electrons. The van der Waals surface area contributed by atoms with E-state index in [9.17, 15) is 30.4 Å². The molecule has 1 fully saturated rings. The molecular weight excluding hydrogens is 380 g/mol. The lowest BCUT2D eigenvalue weighted by molar-refractivity contribution is -0.142. The van der Waals surface area contributed by atoms with Crippen LogP contribution < -0.4 is 4.72 Å². The van der Waals surface area contributed by atoms with Crippen LogP contribution in [0.4, 0.5) is 8.78 Å². The molecular formula is C14H17F2NO6S2. The van der Waals surface area contributed by atoms with Gasteiger partial charge in [0.05, 0.1) is 10.8 Å². The molecule has 1 aliphatic carbocycles. The van der Waals surface area contributed by atoms with E-state index in [1.165, 1.54) is 6.07 Å². The van der Waals surface area contributed by atoms with Crippen LogP contribution in [0.15, 0.2) is 34.1 Å². The van der Waals surface area contributed by atoms with Gasteiger partial charge in [-0.15, -0.1) is 0 Å². The van der Waals surface area contributed by atoms with E-state index in [0.717, 1.165) is 18.2 Å². The third kappa shape index (κ3) is 4.33. The summed E-state index contributed by atoms with van der Waals surface area (Å²) in [5, 5.41) is 8.94. The maximum atomic E-state index is 12.8. The molecule has 0 aromatic heterocycles. The van der Waals surface area contributed by atoms with Crippen molar-refractivity contribution < 1.29 is 35.5 Å². The SMILES string of the molecule is O=C(O)C1CCC(NS(=O)(=O)c2ccccc2S(=O)(=O)C(F)F)CC1. The van der Waals surface area contributed by atoms with Crippen LogP contribution in [-0.2, 0) is 24.7 Å². The second-order valence-electron chi connectivity index (χ2n) is 5.76. The number of alkyl halides is 2. The van der Waals surface area contributed by atoms with Crippen LogP contribution >= 0.6 is 0 Å². The van der Waals surface area contributed by atoms with Crippen LogP contribution in [0.3, 0.4) is 0 Å². The molecule has 11 heteroatoms. The van der Waals surface area contributed by atoms with Crippen LogP contribution in [-0.4, -0.2) is 39.7 Å². The first-order valence-electron chi connectivity index (χ1n) is 7.42. The Labute approximate surface area is 144 Å². The first-order valence-corrected chi connectivity index (χ1v) is 10.4. The van der Waals surface area contributed by atoms with Crippen molar-refractivity contribution in [2.75, 3.05) is 0 Å². The molecule has 2 N–H and O–H groups in total. The average Bonchev–Trinajstić information content (AvgIpc) is 2.55. The van der Waals surface area contributed by atoms with Gasteiger partial charge in [0, 0.05) is 6.04 Å². The second-order valence-corrected chi connectivity index (χ2v) is 9.33. The Hall–Kier alpha value is -1.59. The molecule has 0 unspecified atom stereocenters. The maximum Gasteiger partial charge on any atom is 0.341 e. The highest BCUT2D eigenvalue weighted by molar-refractivity contribution is 7.93. The number of hydrogen-bond acceptors (Lipinski definition) is 5. The standard InChI is InChI=1S/C14H17F2NO6S2/c15-14(16)24(20,21)11-3-1-2-4-12(11)25(22,23)17-10-7-5-9(6-8-10)13(18)19/h1-4,9-10,14,17H,5-8H2,(H,18,19). The average molecular weight is 397 g/mol. The Morgan fingerprint density at radius 1 is 1.04 bits per heavy atom. The zero-order valence-corrected chi connectivity index (χ0v) is 14.6. The van der Waals surface area contributed by atoms with E-state index in [2.05, 4.69) is 4.72 Å². The highest BCUT2D eigenvalue weighted by Gasteiger charge is 2.35. The van der Waals surface area contributed by atoms with Gasteiger partial charge in [0.2, 0.25) is 19.9 Å². The van der Waals surface area contributed by atoms with Crippen molar-refractivity contribution in [2.24, 2.45) is 5.92 Å². The van der Waals surface area contributed by atoms with Crippen LogP contribution in [0.25, 0.3) is 0 Å². The second kappa shape index (κ2) is 7.34. The van der Waals surface area contributed by atoms with Crippen LogP contribution in [0.2, 0.25) is 0 Å². The molecule has 0 radical (unpaired) electrons. The van der Waals surface area contributed by atoms with E-state index < -0.39 is 53.3 Å². The minimum atomic E-state index is -5.08. The van der Waals surface area contributed by atoms with Gasteiger partial charge < -0.3 is 5.11 Å². The van der Waals surface area contributed by atoms with Gasteiger partial charge in [-0.05, 0) is 37.8 Å². The molecule has 7 nitrogen and oxygen atoms in total. The fraction of sp³-hybridized carbons (Fsp3) is 0.500. The van der Waals surface area contributed by atoms with E-state index in [1.807, 2.05) is 0 Å². The predicted molar refractivity (Wildman–Crippen MR) is 83.3 cm³/mol. The predicted octanol–water partition coefficient (Wildman–Crippen LogP) is 1.60. The first-order chi connectivity index (χ1) is 11.6. The lowest BCUT2D eigenvalue weighted by Crippen LogP contribution is -2.39. The van der Waals surface area contributed by atoms with E-state index in [-0.39, 0.29) is 25.7 Å². The van der Waals surface area contributed by atoms with E-state index in [0.29, 0.717) is 0 Å². The first kappa shape index (κ1) is 19.7. The third-order valence-corrected chi connectivity index (χ3v) is 7.22. The van der Waals surface area contributed by atoms with Crippen LogP contribution in [0.1, 0.15) is 25.7 Å². The molecule has 0 spiro atoms. The zero-order valence-electron chi connectivity index (χ0n) is 12.9. The monoisotopic (exact) mass is 397 g/mol. The number of carboxylic acid groups (broad SMARTS) is 1. The Morgan fingerprint density at radius 3 is 2.04 bits per heavy atom. The van der Waals surface area contributed by atoms with E-state index in [4.69, 9.17) is 5.11 Å². The summed E-state index contributed by atoms with van der Waals surface area (Å²) in [4.78, 5) is 9.21. The Bertz CT molecular complexity index is 846. The summed E-state index contributed by atoms with van der Waals surface area (Å²) in [5.41, 5.74) is 0. The topological polar surface area (TPSA) is 118 Å². The minimum Gasteiger partial charge on any atom is -0.481 e. The highest BCUT2D eigenvalue weighted by Crippen LogP contribution is 2.28. The summed E-state index contributed by atoms with van der Waals surface area (Å²) in [6, 6.07) is 3.58. The molecule has 0 heterocycles. The summed E-state index contributed by atoms with van der Waals surface area (Å²) >= 11 is 0. The van der Waals surface area contributed by atoms with Crippen molar-refractivity contribution in [3.8, 4) is 0 Å². The molecule has 1 aliphatic rings. The largest absolute Gasteiger partial charge is 0.481 e. The number of carboxylic acids is 1. The number of benzene rings is 1. The number of sulfonamides is 1. The number of hydrogen-bond donors (Lipinski definition) is 2. The molecule has 0 amide bonds. The lowest BCUT2D eigenvalue weighted by atomic mass is 9.87. The summed E-state index contributed by atoms with van der Waals surface area (Å²) in [7, 11) is -9.44. The molecule has 0 atom stereocenters. The van der Waals surface area contributed by atoms with Gasteiger partial charge >= 0.3 is 11.7 Å². The number of sulfone groups is 1. The molecule has 1 saturated carbocycles. The molecule has 1 aromatic rings. The normalized spacial score (nSPS) is 22.0. The van der Waals surface area contributed by atoms with E-state index >= 15 is 0 Å². The highest BCUT2D eigenvalue weighted by atomic mass is 32.2. The van der Waals surface area contributed by atoms with Gasteiger partial charge in [-0.3, -0.25) is 4.79 Å². The van der Waals surface area contributed by atoms with Gasteiger partial charge in [0.25, 0.3) is 0 Å². The summed E-state index contributed by atoms with van der Waals surface area (Å²) in [6.07, 6.45) is 1.08. The number of halogens is 2. The van der Waals surface area contributed by atoms with Gasteiger partial charge in [-0.2, -0.15) is 8.78 Å².